The van der Waals surface area contributed by atoms with Crippen LogP contribution in [0.4, 0.5) is 9.59 Å². The van der Waals surface area contributed by atoms with E-state index in [4.69, 9.17) is 36.7 Å². The van der Waals surface area contributed by atoms with Crippen LogP contribution in [-0.2, 0) is 40.4 Å². The third-order valence-corrected chi connectivity index (χ3v) is 34.3. The lowest BCUT2D eigenvalue weighted by Crippen LogP contribution is -2.51. The molecule has 12 nitrogen and oxygen atoms in total. The Labute approximate surface area is 482 Å². The van der Waals surface area contributed by atoms with Crippen molar-refractivity contribution in [3.05, 3.63) is 58.7 Å². The van der Waals surface area contributed by atoms with E-state index in [9.17, 15) is 9.59 Å². The van der Waals surface area contributed by atoms with Gasteiger partial charge in [0, 0.05) is 22.2 Å². The minimum Gasteiger partial charge on any atom is -0.490 e. The van der Waals surface area contributed by atoms with Gasteiger partial charge in [0.25, 0.3) is 0 Å². The van der Waals surface area contributed by atoms with Gasteiger partial charge in [0.1, 0.15) is 35.9 Å². The van der Waals surface area contributed by atoms with E-state index < -0.39 is 67.8 Å². The van der Waals surface area contributed by atoms with Gasteiger partial charge in [-0.05, 0) is 191 Å². The molecule has 2 aromatic carbocycles. The largest absolute Gasteiger partial charge is 0.490 e. The maximum atomic E-state index is 14.0. The average Bonchev–Trinajstić information content (AvgIpc) is 3.20. The van der Waals surface area contributed by atoms with Crippen LogP contribution < -0.4 is 9.47 Å². The van der Waals surface area contributed by atoms with E-state index in [0.717, 1.165) is 22.3 Å². The minimum atomic E-state index is -2.39. The Balaban J connectivity index is 2.81. The SMILES string of the molecule is CC(C)(C)OC(=O)N(CC(O[Si](C)(C)C(C)(C)C)c1ccc(OCCOc2ccc(C(CN(C(=O)OC(C)(C)C)C(C)(C)C)O[Si](C)(C)C(C)(C)C)cc2CO[Si](C)(C)C(C)(C)C)c(CO[Si](C)(C)C(C)(C)C)c1)C(C)(C)C. The lowest BCUT2D eigenvalue weighted by molar-refractivity contribution is -0.00723. The molecule has 0 aromatic heterocycles. The second kappa shape index (κ2) is 25.4. The third kappa shape index (κ3) is 21.2. The molecule has 2 atom stereocenters. The standard InChI is InChI=1S/C62H116N2O10Si4/c1-55(2,3)63(53(65)71-57(7,8)9)41-51(73-77(29,30)61(19,20)21)45-33-35-49(47(39-45)43-69-75(25,26)59(13,14)15)67-37-38-68-50-36-34-46(40-48(50)44-70-76(27,28)60(16,17)18)52(74-78(31,32)62(22,23)24)42-64(56(4,5)6)54(66)72-58(10,11)12/h33-36,39-40,51-52H,37-38,41-44H2,1-32H3. The zero-order chi connectivity index (χ0) is 61.1. The Hall–Kier alpha value is -2.71. The van der Waals surface area contributed by atoms with Crippen molar-refractivity contribution in [3.8, 4) is 11.5 Å². The number of carbonyl (C=O) groups is 2. The molecular formula is C62H116N2O10Si4. The number of hydrogen-bond acceptors (Lipinski definition) is 10. The number of amides is 2. The van der Waals surface area contributed by atoms with Crippen LogP contribution in [0.2, 0.25) is 72.5 Å². The average molecular weight is 1160 g/mol. The van der Waals surface area contributed by atoms with Crippen molar-refractivity contribution < 1.29 is 46.2 Å². The van der Waals surface area contributed by atoms with Crippen molar-refractivity contribution in [3.63, 3.8) is 0 Å². The number of benzene rings is 2. The molecule has 16 heteroatoms. The van der Waals surface area contributed by atoms with Crippen molar-refractivity contribution in [1.29, 1.82) is 0 Å². The molecule has 0 N–H and O–H groups in total. The highest BCUT2D eigenvalue weighted by atomic mass is 28.4. The molecule has 2 amide bonds. The molecule has 0 fully saturated rings. The molecule has 0 radical (unpaired) electrons. The van der Waals surface area contributed by atoms with Crippen LogP contribution in [0.5, 0.6) is 11.5 Å². The molecule has 0 saturated heterocycles. The first-order valence-electron chi connectivity index (χ1n) is 28.7. The Kier molecular flexibility index (Phi) is 23.3. The van der Waals surface area contributed by atoms with Gasteiger partial charge in [0.2, 0.25) is 0 Å². The summed E-state index contributed by atoms with van der Waals surface area (Å²) in [5.74, 6) is 1.39. The topological polar surface area (TPSA) is 114 Å². The summed E-state index contributed by atoms with van der Waals surface area (Å²) in [6.45, 7) is 70.3. The molecule has 2 unspecified atom stereocenters. The summed E-state index contributed by atoms with van der Waals surface area (Å²) >= 11 is 0. The van der Waals surface area contributed by atoms with Crippen molar-refractivity contribution in [2.45, 2.75) is 286 Å². The first kappa shape index (κ1) is 71.4. The summed E-state index contributed by atoms with van der Waals surface area (Å²) in [6.07, 6.45) is -1.68. The second-order valence-corrected chi connectivity index (χ2v) is 50.9. The van der Waals surface area contributed by atoms with E-state index in [2.05, 4.69) is 160 Å². The number of nitrogens with zero attached hydrogens (tertiary/aromatic N) is 2. The van der Waals surface area contributed by atoms with E-state index in [0.29, 0.717) is 37.8 Å². The summed E-state index contributed by atoms with van der Waals surface area (Å²) < 4.78 is 53.9. The van der Waals surface area contributed by atoms with Crippen LogP contribution in [-0.4, -0.2) is 104 Å². The van der Waals surface area contributed by atoms with Gasteiger partial charge < -0.3 is 46.5 Å². The molecular weight excluding hydrogens is 1050 g/mol. The number of rotatable bonds is 21. The van der Waals surface area contributed by atoms with E-state index in [1.807, 2.05) is 95.2 Å². The smallest absolute Gasteiger partial charge is 0.410 e. The van der Waals surface area contributed by atoms with Gasteiger partial charge in [-0.25, -0.2) is 9.59 Å². The Morgan fingerprint density at radius 3 is 0.923 bits per heavy atom. The molecule has 0 aliphatic rings. The zero-order valence-corrected chi connectivity index (χ0v) is 59.8. The highest BCUT2D eigenvalue weighted by Gasteiger charge is 2.45. The van der Waals surface area contributed by atoms with Gasteiger partial charge in [0.15, 0.2) is 33.3 Å². The zero-order valence-electron chi connectivity index (χ0n) is 55.8. The predicted molar refractivity (Wildman–Crippen MR) is 335 cm³/mol. The summed E-state index contributed by atoms with van der Waals surface area (Å²) in [7, 11) is -9.21. The maximum absolute atomic E-state index is 14.0. The van der Waals surface area contributed by atoms with Gasteiger partial charge in [-0.15, -0.1) is 0 Å². The van der Waals surface area contributed by atoms with Crippen molar-refractivity contribution >= 4 is 45.5 Å². The number of carbonyl (C=O) groups excluding carboxylic acids is 2. The van der Waals surface area contributed by atoms with Crippen molar-refractivity contribution in [2.24, 2.45) is 0 Å². The Morgan fingerprint density at radius 1 is 0.423 bits per heavy atom. The van der Waals surface area contributed by atoms with Crippen LogP contribution in [0, 0.1) is 0 Å². The highest BCUT2D eigenvalue weighted by Crippen LogP contribution is 2.44. The molecule has 0 aliphatic heterocycles. The van der Waals surface area contributed by atoms with Crippen LogP contribution in [0.1, 0.15) is 201 Å². The summed E-state index contributed by atoms with van der Waals surface area (Å²) in [6, 6.07) is 12.5. The number of ether oxygens (including phenoxy) is 4. The molecule has 0 heterocycles. The molecule has 0 bridgehead atoms. The van der Waals surface area contributed by atoms with Crippen LogP contribution >= 0.6 is 0 Å². The Bertz CT molecular complexity index is 2120. The number of hydrogen-bond donors (Lipinski definition) is 0. The van der Waals surface area contributed by atoms with Gasteiger partial charge in [-0.3, -0.25) is 0 Å². The van der Waals surface area contributed by atoms with Crippen LogP contribution in [0.3, 0.4) is 0 Å². The first-order valence-corrected chi connectivity index (χ1v) is 40.3. The predicted octanol–water partition coefficient (Wildman–Crippen LogP) is 18.4. The van der Waals surface area contributed by atoms with Gasteiger partial charge in [-0.2, -0.15) is 0 Å². The molecule has 450 valence electrons. The fourth-order valence-electron chi connectivity index (χ4n) is 7.06. The van der Waals surface area contributed by atoms with E-state index in [-0.39, 0.29) is 45.6 Å². The first-order chi connectivity index (χ1) is 34.5. The van der Waals surface area contributed by atoms with E-state index in [1.54, 1.807) is 9.80 Å². The van der Waals surface area contributed by atoms with Crippen molar-refractivity contribution in [1.82, 2.24) is 9.80 Å². The molecule has 78 heavy (non-hydrogen) atoms. The van der Waals surface area contributed by atoms with Gasteiger partial charge in [-0.1, -0.05) is 95.2 Å². The molecule has 0 aliphatic carbocycles. The Morgan fingerprint density at radius 2 is 0.692 bits per heavy atom. The van der Waals surface area contributed by atoms with Gasteiger partial charge in [0.05, 0.1) is 38.5 Å². The quantitative estimate of drug-likeness (QED) is 0.0884. The minimum absolute atomic E-state index is 0.0173. The molecule has 0 spiro atoms. The fraction of sp³-hybridized carbons (Fsp3) is 0.774. The third-order valence-electron chi connectivity index (χ3n) is 16.3. The van der Waals surface area contributed by atoms with E-state index in [1.165, 1.54) is 0 Å². The lowest BCUT2D eigenvalue weighted by atomic mass is 10.0. The lowest BCUT2D eigenvalue weighted by Gasteiger charge is -2.43. The molecule has 2 rings (SSSR count). The monoisotopic (exact) mass is 1160 g/mol. The normalized spacial score (nSPS) is 14.9. The maximum Gasteiger partial charge on any atom is 0.410 e. The van der Waals surface area contributed by atoms with Crippen molar-refractivity contribution in [2.75, 3.05) is 26.3 Å². The summed E-state index contributed by atoms with van der Waals surface area (Å²) in [5.41, 5.74) is 1.23. The van der Waals surface area contributed by atoms with Crippen LogP contribution in [0.15, 0.2) is 36.4 Å². The highest BCUT2D eigenvalue weighted by molar-refractivity contribution is 6.75. The molecule has 2 aromatic rings. The van der Waals surface area contributed by atoms with Gasteiger partial charge >= 0.3 is 12.2 Å². The van der Waals surface area contributed by atoms with E-state index >= 15 is 0 Å². The summed E-state index contributed by atoms with van der Waals surface area (Å²) in [4.78, 5) is 31.6. The van der Waals surface area contributed by atoms with Crippen LogP contribution in [0.25, 0.3) is 0 Å². The fourth-order valence-corrected chi connectivity index (χ4v) is 11.5. The molecule has 0 saturated carbocycles. The summed E-state index contributed by atoms with van der Waals surface area (Å²) in [5, 5.41) is -0.214. The second-order valence-electron chi connectivity index (χ2n) is 31.8.